The Morgan fingerprint density at radius 1 is 1.05 bits per heavy atom. The normalized spacial score (nSPS) is 10.2. The molecule has 0 aliphatic heterocycles. The molecule has 4 heteroatoms. The van der Waals surface area contributed by atoms with Crippen molar-refractivity contribution in [3.8, 4) is 0 Å². The Hall–Kier alpha value is -2.07. The molecule has 116 valence electrons. The van der Waals surface area contributed by atoms with Crippen LogP contribution in [0.2, 0.25) is 0 Å². The summed E-state index contributed by atoms with van der Waals surface area (Å²) < 4.78 is 0. The van der Waals surface area contributed by atoms with E-state index in [0.717, 1.165) is 36.6 Å². The summed E-state index contributed by atoms with van der Waals surface area (Å²) in [6, 6.07) is 16.4. The number of nitrogen functional groups attached to an aromatic ring is 1. The van der Waals surface area contributed by atoms with E-state index in [0.29, 0.717) is 0 Å². The maximum Gasteiger partial charge on any atom is 0.0367 e. The topological polar surface area (TPSA) is 41.3 Å². The van der Waals surface area contributed by atoms with Crippen LogP contribution in [0.25, 0.3) is 0 Å². The van der Waals surface area contributed by atoms with Crippen LogP contribution in [0.3, 0.4) is 0 Å². The number of rotatable bonds is 8. The molecule has 0 aliphatic rings. The fourth-order valence-corrected chi connectivity index (χ4v) is 2.43. The van der Waals surface area contributed by atoms with Crippen LogP contribution in [-0.2, 0) is 6.42 Å². The van der Waals surface area contributed by atoms with Gasteiger partial charge in [-0.15, -0.1) is 12.6 Å². The first-order valence-corrected chi connectivity index (χ1v) is 7.86. The molecule has 0 fully saturated rings. The summed E-state index contributed by atoms with van der Waals surface area (Å²) in [7, 11) is 0. The Balaban J connectivity index is 2.01. The summed E-state index contributed by atoms with van der Waals surface area (Å²) in [6.07, 6.45) is 2.71. The molecule has 0 aliphatic carbocycles. The first kappa shape index (κ1) is 16.3. The summed E-state index contributed by atoms with van der Waals surface area (Å²) in [5.74, 6) is 0. The molecule has 2 aromatic rings. The van der Waals surface area contributed by atoms with Gasteiger partial charge in [0, 0.05) is 35.9 Å². The van der Waals surface area contributed by atoms with Crippen molar-refractivity contribution in [1.82, 2.24) is 5.32 Å². The minimum absolute atomic E-state index is 0.806. The molecule has 2 aromatic carbocycles. The van der Waals surface area contributed by atoms with Crippen LogP contribution in [-0.4, -0.2) is 19.6 Å². The van der Waals surface area contributed by atoms with Crippen molar-refractivity contribution < 1.29 is 0 Å². The average molecular weight is 313 g/mol. The van der Waals surface area contributed by atoms with E-state index in [-0.39, 0.29) is 0 Å². The fourth-order valence-electron chi connectivity index (χ4n) is 2.28. The Morgan fingerprint density at radius 3 is 2.36 bits per heavy atom. The molecule has 0 heterocycles. The lowest BCUT2D eigenvalue weighted by Crippen LogP contribution is -2.32. The molecule has 0 aromatic heterocycles. The van der Waals surface area contributed by atoms with Gasteiger partial charge in [-0.25, -0.2) is 0 Å². The van der Waals surface area contributed by atoms with Gasteiger partial charge in [0.1, 0.15) is 0 Å². The maximum absolute atomic E-state index is 5.73. The van der Waals surface area contributed by atoms with Crippen molar-refractivity contribution >= 4 is 24.0 Å². The molecule has 0 amide bonds. The standard InChI is InChI=1S/C18H23N3S/c1-2-20-12-14-21(17-7-9-18(22)10-8-17)13-11-15-3-5-16(19)6-4-15/h2-10,20,22H,1,11-14,19H2. The Labute approximate surface area is 138 Å². The van der Waals surface area contributed by atoms with Crippen LogP contribution in [0.4, 0.5) is 11.4 Å². The van der Waals surface area contributed by atoms with Crippen molar-refractivity contribution in [1.29, 1.82) is 0 Å². The van der Waals surface area contributed by atoms with E-state index in [2.05, 4.69) is 53.7 Å². The largest absolute Gasteiger partial charge is 0.399 e. The van der Waals surface area contributed by atoms with Crippen molar-refractivity contribution in [3.05, 3.63) is 66.9 Å². The summed E-state index contributed by atoms with van der Waals surface area (Å²) >= 11 is 4.35. The minimum atomic E-state index is 0.806. The molecule has 0 radical (unpaired) electrons. The van der Waals surface area contributed by atoms with Gasteiger partial charge < -0.3 is 16.0 Å². The number of nitrogens with zero attached hydrogens (tertiary/aromatic N) is 1. The number of nitrogens with two attached hydrogens (primary N) is 1. The lowest BCUT2D eigenvalue weighted by Gasteiger charge is -2.25. The van der Waals surface area contributed by atoms with Gasteiger partial charge in [-0.05, 0) is 54.6 Å². The average Bonchev–Trinajstić information content (AvgIpc) is 2.53. The van der Waals surface area contributed by atoms with Crippen molar-refractivity contribution in [2.75, 3.05) is 30.3 Å². The van der Waals surface area contributed by atoms with Gasteiger partial charge >= 0.3 is 0 Å². The number of thiol groups is 1. The third kappa shape index (κ3) is 5.04. The highest BCUT2D eigenvalue weighted by molar-refractivity contribution is 7.80. The monoisotopic (exact) mass is 313 g/mol. The molecule has 0 spiro atoms. The zero-order valence-electron chi connectivity index (χ0n) is 12.7. The third-order valence-corrected chi connectivity index (χ3v) is 3.83. The Kier molecular flexibility index (Phi) is 6.22. The molecule has 3 N–H and O–H groups in total. The van der Waals surface area contributed by atoms with E-state index in [9.17, 15) is 0 Å². The number of nitrogens with one attached hydrogen (secondary N) is 1. The van der Waals surface area contributed by atoms with E-state index in [4.69, 9.17) is 5.73 Å². The molecule has 0 saturated carbocycles. The van der Waals surface area contributed by atoms with Gasteiger partial charge in [0.25, 0.3) is 0 Å². The van der Waals surface area contributed by atoms with E-state index >= 15 is 0 Å². The predicted octanol–water partition coefficient (Wildman–Crippen LogP) is 3.34. The Bertz CT molecular complexity index is 578. The number of anilines is 2. The lowest BCUT2D eigenvalue weighted by atomic mass is 10.1. The van der Waals surface area contributed by atoms with E-state index in [1.54, 1.807) is 6.20 Å². The highest BCUT2D eigenvalue weighted by atomic mass is 32.1. The first-order chi connectivity index (χ1) is 10.7. The molecule has 22 heavy (non-hydrogen) atoms. The molecular weight excluding hydrogens is 290 g/mol. The van der Waals surface area contributed by atoms with E-state index < -0.39 is 0 Å². The van der Waals surface area contributed by atoms with Crippen LogP contribution >= 0.6 is 12.6 Å². The number of hydrogen-bond acceptors (Lipinski definition) is 4. The van der Waals surface area contributed by atoms with Gasteiger partial charge in [-0.3, -0.25) is 0 Å². The second-order valence-corrected chi connectivity index (χ2v) is 5.67. The minimum Gasteiger partial charge on any atom is -0.399 e. The second-order valence-electron chi connectivity index (χ2n) is 5.15. The van der Waals surface area contributed by atoms with Gasteiger partial charge in [0.2, 0.25) is 0 Å². The van der Waals surface area contributed by atoms with Crippen LogP contribution in [0.5, 0.6) is 0 Å². The zero-order valence-corrected chi connectivity index (χ0v) is 13.6. The van der Waals surface area contributed by atoms with Gasteiger partial charge in [0.15, 0.2) is 0 Å². The van der Waals surface area contributed by atoms with Gasteiger partial charge in [0.05, 0.1) is 0 Å². The highest BCUT2D eigenvalue weighted by Gasteiger charge is 2.06. The maximum atomic E-state index is 5.73. The molecule has 3 nitrogen and oxygen atoms in total. The number of hydrogen-bond donors (Lipinski definition) is 3. The van der Waals surface area contributed by atoms with Crippen molar-refractivity contribution in [2.24, 2.45) is 0 Å². The number of benzene rings is 2. The van der Waals surface area contributed by atoms with E-state index in [1.165, 1.54) is 11.3 Å². The zero-order chi connectivity index (χ0) is 15.8. The SMILES string of the molecule is C=CNCCN(CCc1ccc(N)cc1)c1ccc(S)cc1. The second kappa shape index (κ2) is 8.39. The van der Waals surface area contributed by atoms with Crippen LogP contribution < -0.4 is 16.0 Å². The molecule has 0 saturated heterocycles. The molecule has 0 atom stereocenters. The smallest absolute Gasteiger partial charge is 0.0367 e. The predicted molar refractivity (Wildman–Crippen MR) is 98.7 cm³/mol. The first-order valence-electron chi connectivity index (χ1n) is 7.42. The quantitative estimate of drug-likeness (QED) is 0.398. The summed E-state index contributed by atoms with van der Waals surface area (Å²) in [5.41, 5.74) is 9.04. The van der Waals surface area contributed by atoms with E-state index in [1.807, 2.05) is 24.3 Å². The fraction of sp³-hybridized carbons (Fsp3) is 0.222. The molecule has 0 unspecified atom stereocenters. The summed E-state index contributed by atoms with van der Waals surface area (Å²) in [4.78, 5) is 3.34. The van der Waals surface area contributed by atoms with Crippen LogP contribution in [0.1, 0.15) is 5.56 Å². The molecule has 0 bridgehead atoms. The van der Waals surface area contributed by atoms with Crippen molar-refractivity contribution in [2.45, 2.75) is 11.3 Å². The third-order valence-electron chi connectivity index (χ3n) is 3.54. The van der Waals surface area contributed by atoms with Gasteiger partial charge in [-0.1, -0.05) is 18.7 Å². The van der Waals surface area contributed by atoms with Gasteiger partial charge in [-0.2, -0.15) is 0 Å². The lowest BCUT2D eigenvalue weighted by molar-refractivity contribution is 0.735. The van der Waals surface area contributed by atoms with Crippen molar-refractivity contribution in [3.63, 3.8) is 0 Å². The summed E-state index contributed by atoms with van der Waals surface area (Å²) in [5, 5.41) is 3.16. The highest BCUT2D eigenvalue weighted by Crippen LogP contribution is 2.17. The van der Waals surface area contributed by atoms with Crippen LogP contribution in [0, 0.1) is 0 Å². The molecular formula is C18H23N3S. The molecule has 2 rings (SSSR count). The Morgan fingerprint density at radius 2 is 1.73 bits per heavy atom. The van der Waals surface area contributed by atoms with Crippen LogP contribution in [0.15, 0.2) is 66.2 Å². The summed E-state index contributed by atoms with van der Waals surface area (Å²) in [6.45, 7) is 6.44.